The average Bonchev–Trinajstić information content (AvgIpc) is 3.62. The van der Waals surface area contributed by atoms with Gasteiger partial charge in [-0.15, -0.1) is 0 Å². The van der Waals surface area contributed by atoms with Gasteiger partial charge < -0.3 is 0 Å². The van der Waals surface area contributed by atoms with Crippen LogP contribution >= 0.6 is 11.8 Å². The van der Waals surface area contributed by atoms with Crippen LogP contribution in [0.25, 0.3) is 60.1 Å². The molecule has 13 rings (SSSR count). The third-order valence-electron chi connectivity index (χ3n) is 14.3. The first-order chi connectivity index (χ1) is 30.7. The van der Waals surface area contributed by atoms with E-state index in [-0.39, 0.29) is 11.8 Å². The first-order valence-corrected chi connectivity index (χ1v) is 22.5. The van der Waals surface area contributed by atoms with Gasteiger partial charge in [0, 0.05) is 33.5 Å². The lowest BCUT2D eigenvalue weighted by molar-refractivity contribution is 0.442. The molecule has 0 fully saturated rings. The first-order valence-electron chi connectivity index (χ1n) is 21.7. The standard InChI is InChI=1S/C60H39NS/c61-36-37-24-31-57-55(32-37)60(53-22-9-10-23-56(53)62-57)52-21-8-7-17-45(52)46-29-27-42(35-54(46)60)41-28-30-50-51(34-41)59(47-20-11-15-39-13-3-4-16-44(39)47)49-19-6-5-18-48(49)58(50)43-26-25-38-12-1-2-14-40(38)33-43/h1-35,38,40,45,52H. The monoisotopic (exact) mass is 805 g/mol. The number of nitriles is 1. The highest BCUT2D eigenvalue weighted by Crippen LogP contribution is 2.65. The lowest BCUT2D eigenvalue weighted by Crippen LogP contribution is -2.37. The summed E-state index contributed by atoms with van der Waals surface area (Å²) in [6.07, 6.45) is 25.5. The Bertz CT molecular complexity index is 3490. The van der Waals surface area contributed by atoms with E-state index in [2.05, 4.69) is 212 Å². The zero-order valence-corrected chi connectivity index (χ0v) is 34.7. The van der Waals surface area contributed by atoms with Gasteiger partial charge in [-0.3, -0.25) is 0 Å². The second-order valence-corrected chi connectivity index (χ2v) is 18.4. The molecule has 4 aliphatic carbocycles. The molecule has 2 heteroatoms. The molecule has 0 aromatic heterocycles. The summed E-state index contributed by atoms with van der Waals surface area (Å²) in [6, 6.07) is 56.9. The van der Waals surface area contributed by atoms with Crippen LogP contribution in [0.4, 0.5) is 0 Å². The third-order valence-corrected chi connectivity index (χ3v) is 15.5. The summed E-state index contributed by atoms with van der Waals surface area (Å²) < 4.78 is 0. The van der Waals surface area contributed by atoms with Crippen molar-refractivity contribution in [3.05, 3.63) is 246 Å². The van der Waals surface area contributed by atoms with E-state index in [1.807, 2.05) is 17.8 Å². The molecule has 0 saturated carbocycles. The molecule has 0 amide bonds. The van der Waals surface area contributed by atoms with Gasteiger partial charge in [-0.2, -0.15) is 5.26 Å². The average molecular weight is 806 g/mol. The normalized spacial score (nSPS) is 22.3. The summed E-state index contributed by atoms with van der Waals surface area (Å²) in [5, 5.41) is 17.8. The Morgan fingerprint density at radius 3 is 2.11 bits per heavy atom. The maximum atomic E-state index is 10.3. The van der Waals surface area contributed by atoms with Gasteiger partial charge in [0.15, 0.2) is 0 Å². The Balaban J connectivity index is 1.10. The predicted octanol–water partition coefficient (Wildman–Crippen LogP) is 15.3. The highest BCUT2D eigenvalue weighted by atomic mass is 32.2. The quantitative estimate of drug-likeness (QED) is 0.166. The van der Waals surface area contributed by atoms with E-state index in [0.29, 0.717) is 17.4 Å². The van der Waals surface area contributed by atoms with Gasteiger partial charge in [-0.1, -0.05) is 188 Å². The summed E-state index contributed by atoms with van der Waals surface area (Å²) in [7, 11) is 0. The summed E-state index contributed by atoms with van der Waals surface area (Å²) >= 11 is 1.83. The van der Waals surface area contributed by atoms with Crippen molar-refractivity contribution in [3.63, 3.8) is 0 Å². The fourth-order valence-electron chi connectivity index (χ4n) is 11.7. The SMILES string of the molecule is N#Cc1ccc2c(c1)C1(c3ccccc3S2)c2cc(-c3ccc4c(C5=CC6C=CC=CC6C=C5)c5ccccc5c(-c5cccc6ccccc56)c4c3)ccc2C2C=CC=CC21. The van der Waals surface area contributed by atoms with Crippen LogP contribution in [0.3, 0.4) is 0 Å². The predicted molar refractivity (Wildman–Crippen MR) is 258 cm³/mol. The molecule has 290 valence electrons. The van der Waals surface area contributed by atoms with E-state index >= 15 is 0 Å². The molecule has 1 heterocycles. The van der Waals surface area contributed by atoms with Crippen molar-refractivity contribution < 1.29 is 0 Å². The second kappa shape index (κ2) is 13.7. The second-order valence-electron chi connectivity index (χ2n) is 17.3. The minimum atomic E-state index is -0.462. The van der Waals surface area contributed by atoms with Gasteiger partial charge in [0.05, 0.1) is 17.0 Å². The molecular weight excluding hydrogens is 767 g/mol. The van der Waals surface area contributed by atoms with Gasteiger partial charge in [0.2, 0.25) is 0 Å². The molecular formula is C60H39NS. The molecule has 1 aliphatic heterocycles. The largest absolute Gasteiger partial charge is 0.192 e. The molecule has 1 nitrogen and oxygen atoms in total. The Morgan fingerprint density at radius 2 is 1.21 bits per heavy atom. The van der Waals surface area contributed by atoms with Crippen molar-refractivity contribution in [3.8, 4) is 28.3 Å². The van der Waals surface area contributed by atoms with Crippen molar-refractivity contribution in [2.24, 2.45) is 17.8 Å². The van der Waals surface area contributed by atoms with E-state index in [4.69, 9.17) is 0 Å². The maximum Gasteiger partial charge on any atom is 0.0991 e. The molecule has 0 saturated heterocycles. The lowest BCUT2D eigenvalue weighted by Gasteiger charge is -2.43. The fraction of sp³-hybridized carbons (Fsp3) is 0.0833. The minimum absolute atomic E-state index is 0.168. The van der Waals surface area contributed by atoms with Crippen LogP contribution in [-0.2, 0) is 5.41 Å². The molecule has 8 aromatic carbocycles. The van der Waals surface area contributed by atoms with Gasteiger partial charge in [0.25, 0.3) is 0 Å². The van der Waals surface area contributed by atoms with E-state index in [1.54, 1.807) is 0 Å². The fourth-order valence-corrected chi connectivity index (χ4v) is 12.9. The van der Waals surface area contributed by atoms with Crippen molar-refractivity contribution in [1.29, 1.82) is 5.26 Å². The molecule has 8 aromatic rings. The molecule has 0 radical (unpaired) electrons. The molecule has 0 bridgehead atoms. The van der Waals surface area contributed by atoms with Crippen LogP contribution in [0.5, 0.6) is 0 Å². The number of allylic oxidation sites excluding steroid dienone is 12. The zero-order chi connectivity index (χ0) is 40.9. The van der Waals surface area contributed by atoms with Crippen molar-refractivity contribution in [2.75, 3.05) is 0 Å². The number of hydrogen-bond acceptors (Lipinski definition) is 2. The van der Waals surface area contributed by atoms with E-state index in [9.17, 15) is 5.26 Å². The number of hydrogen-bond donors (Lipinski definition) is 0. The molecule has 5 atom stereocenters. The van der Waals surface area contributed by atoms with E-state index in [0.717, 1.165) is 0 Å². The highest BCUT2D eigenvalue weighted by Gasteiger charge is 2.56. The van der Waals surface area contributed by atoms with Crippen molar-refractivity contribution in [1.82, 2.24) is 0 Å². The van der Waals surface area contributed by atoms with Crippen LogP contribution in [0.2, 0.25) is 0 Å². The van der Waals surface area contributed by atoms with Gasteiger partial charge in [0.1, 0.15) is 0 Å². The summed E-state index contributed by atoms with van der Waals surface area (Å²) in [4.78, 5) is 2.51. The highest BCUT2D eigenvalue weighted by molar-refractivity contribution is 7.99. The van der Waals surface area contributed by atoms with Gasteiger partial charge in [-0.05, 0) is 124 Å². The van der Waals surface area contributed by atoms with Crippen molar-refractivity contribution in [2.45, 2.75) is 21.1 Å². The molecule has 0 N–H and O–H groups in total. The van der Waals surface area contributed by atoms with E-state index < -0.39 is 5.41 Å². The summed E-state index contributed by atoms with van der Waals surface area (Å²) in [5.74, 6) is 1.10. The first kappa shape index (κ1) is 35.6. The van der Waals surface area contributed by atoms with Gasteiger partial charge >= 0.3 is 0 Å². The van der Waals surface area contributed by atoms with Gasteiger partial charge in [-0.25, -0.2) is 0 Å². The molecule has 5 aliphatic rings. The molecule has 5 unspecified atom stereocenters. The van der Waals surface area contributed by atoms with Crippen LogP contribution in [-0.4, -0.2) is 0 Å². The van der Waals surface area contributed by atoms with Crippen LogP contribution in [0, 0.1) is 29.1 Å². The number of benzene rings is 8. The van der Waals surface area contributed by atoms with Crippen LogP contribution in [0.15, 0.2) is 222 Å². The Morgan fingerprint density at radius 1 is 0.500 bits per heavy atom. The third kappa shape index (κ3) is 5.04. The maximum absolute atomic E-state index is 10.3. The zero-order valence-electron chi connectivity index (χ0n) is 33.9. The molecule has 62 heavy (non-hydrogen) atoms. The summed E-state index contributed by atoms with van der Waals surface area (Å²) in [5.41, 5.74) is 13.0. The number of fused-ring (bicyclic) bond motifs is 13. The number of nitrogens with zero attached hydrogens (tertiary/aromatic N) is 1. The number of rotatable bonds is 3. The Hall–Kier alpha value is -7.18. The van der Waals surface area contributed by atoms with Crippen molar-refractivity contribution >= 4 is 49.7 Å². The summed E-state index contributed by atoms with van der Waals surface area (Å²) in [6.45, 7) is 0. The van der Waals surface area contributed by atoms with E-state index in [1.165, 1.54) is 97.8 Å². The Kier molecular flexibility index (Phi) is 7.84. The Labute approximate surface area is 366 Å². The van der Waals surface area contributed by atoms with Crippen LogP contribution < -0.4 is 0 Å². The molecule has 1 spiro atoms. The topological polar surface area (TPSA) is 23.8 Å². The smallest absolute Gasteiger partial charge is 0.0991 e. The van der Waals surface area contributed by atoms with Crippen LogP contribution in [0.1, 0.15) is 39.3 Å². The minimum Gasteiger partial charge on any atom is -0.192 e. The lowest BCUT2D eigenvalue weighted by atomic mass is 9.62.